The Balaban J connectivity index is 1.67. The fourth-order valence-corrected chi connectivity index (χ4v) is 3.10. The molecular formula is C22H26FN3O2. The van der Waals surface area contributed by atoms with Crippen LogP contribution in [0.1, 0.15) is 37.0 Å². The zero-order valence-electron chi connectivity index (χ0n) is 16.5. The summed E-state index contributed by atoms with van der Waals surface area (Å²) in [5.74, 6) is -0.316. The van der Waals surface area contributed by atoms with E-state index in [1.54, 1.807) is 11.0 Å². The molecule has 6 heteroatoms. The number of nitrogens with one attached hydrogen (secondary N) is 1. The molecule has 1 unspecified atom stereocenters. The minimum absolute atomic E-state index is 0.00590. The van der Waals surface area contributed by atoms with Gasteiger partial charge < -0.3 is 15.1 Å². The summed E-state index contributed by atoms with van der Waals surface area (Å²) in [6.07, 6.45) is 0.389. The lowest BCUT2D eigenvalue weighted by molar-refractivity contribution is 0.0586. The van der Waals surface area contributed by atoms with Crippen molar-refractivity contribution >= 4 is 11.7 Å². The van der Waals surface area contributed by atoms with Gasteiger partial charge in [0.2, 0.25) is 0 Å². The Morgan fingerprint density at radius 3 is 2.71 bits per heavy atom. The third kappa shape index (κ3) is 5.31. The van der Waals surface area contributed by atoms with Crippen molar-refractivity contribution in [3.05, 3.63) is 71.0 Å². The number of rotatable bonds is 6. The molecule has 2 aromatic rings. The molecule has 1 N–H and O–H groups in total. The van der Waals surface area contributed by atoms with Crippen molar-refractivity contribution in [1.82, 2.24) is 10.2 Å². The predicted molar refractivity (Wildman–Crippen MR) is 108 cm³/mol. The van der Waals surface area contributed by atoms with Crippen LogP contribution in [0, 0.1) is 12.7 Å². The third-order valence-electron chi connectivity index (χ3n) is 4.50. The van der Waals surface area contributed by atoms with Crippen LogP contribution in [0.2, 0.25) is 0 Å². The van der Waals surface area contributed by atoms with Crippen LogP contribution >= 0.6 is 0 Å². The van der Waals surface area contributed by atoms with Crippen molar-refractivity contribution in [3.8, 4) is 0 Å². The summed E-state index contributed by atoms with van der Waals surface area (Å²) in [5.41, 5.74) is 3.82. The van der Waals surface area contributed by atoms with Crippen LogP contribution in [0.15, 0.2) is 53.7 Å². The molecule has 0 spiro atoms. The molecule has 1 heterocycles. The van der Waals surface area contributed by atoms with Crippen molar-refractivity contribution in [2.24, 2.45) is 5.16 Å². The van der Waals surface area contributed by atoms with E-state index in [9.17, 15) is 9.18 Å². The third-order valence-corrected chi connectivity index (χ3v) is 4.50. The quantitative estimate of drug-likeness (QED) is 0.811. The van der Waals surface area contributed by atoms with Gasteiger partial charge in [-0.2, -0.15) is 0 Å². The molecule has 148 valence electrons. The first-order valence-corrected chi connectivity index (χ1v) is 9.50. The van der Waals surface area contributed by atoms with Crippen LogP contribution in [-0.4, -0.2) is 35.3 Å². The molecule has 1 aliphatic rings. The fourth-order valence-electron chi connectivity index (χ4n) is 3.10. The Morgan fingerprint density at radius 2 is 2.04 bits per heavy atom. The summed E-state index contributed by atoms with van der Waals surface area (Å²) in [4.78, 5) is 19.9. The van der Waals surface area contributed by atoms with Gasteiger partial charge in [0.05, 0.1) is 12.3 Å². The number of amides is 2. The van der Waals surface area contributed by atoms with Gasteiger partial charge in [0.25, 0.3) is 0 Å². The van der Waals surface area contributed by atoms with Gasteiger partial charge in [0.15, 0.2) is 6.10 Å². The van der Waals surface area contributed by atoms with Crippen molar-refractivity contribution in [1.29, 1.82) is 0 Å². The average Bonchev–Trinajstić information content (AvgIpc) is 3.10. The average molecular weight is 383 g/mol. The topological polar surface area (TPSA) is 53.9 Å². The smallest absolute Gasteiger partial charge is 0.318 e. The molecule has 2 aromatic carbocycles. The summed E-state index contributed by atoms with van der Waals surface area (Å²) >= 11 is 0. The summed E-state index contributed by atoms with van der Waals surface area (Å²) in [6, 6.07) is 14.2. The van der Waals surface area contributed by atoms with Gasteiger partial charge in [-0.3, -0.25) is 0 Å². The Bertz CT molecular complexity index is 849. The second-order valence-corrected chi connectivity index (χ2v) is 7.45. The van der Waals surface area contributed by atoms with Crippen LogP contribution in [0.5, 0.6) is 0 Å². The summed E-state index contributed by atoms with van der Waals surface area (Å²) < 4.78 is 13.5. The van der Waals surface area contributed by atoms with E-state index in [1.165, 1.54) is 17.7 Å². The van der Waals surface area contributed by atoms with Gasteiger partial charge in [-0.05, 0) is 44.0 Å². The number of oxime groups is 1. The Kier molecular flexibility index (Phi) is 6.29. The van der Waals surface area contributed by atoms with E-state index in [0.29, 0.717) is 19.5 Å². The lowest BCUT2D eigenvalue weighted by Gasteiger charge is -2.26. The molecule has 0 bridgehead atoms. The highest BCUT2D eigenvalue weighted by molar-refractivity contribution is 6.01. The molecule has 0 saturated heterocycles. The molecule has 2 amide bonds. The second kappa shape index (κ2) is 8.87. The zero-order chi connectivity index (χ0) is 20.1. The number of hydrogen-bond acceptors (Lipinski definition) is 3. The van der Waals surface area contributed by atoms with E-state index in [1.807, 2.05) is 51.1 Å². The number of halogens is 1. The minimum Gasteiger partial charge on any atom is -0.390 e. The van der Waals surface area contributed by atoms with Gasteiger partial charge >= 0.3 is 6.03 Å². The number of hydrogen-bond donors (Lipinski definition) is 1. The van der Waals surface area contributed by atoms with Crippen molar-refractivity contribution in [2.75, 3.05) is 6.54 Å². The molecule has 3 rings (SSSR count). The molecule has 5 nitrogen and oxygen atoms in total. The van der Waals surface area contributed by atoms with Crippen molar-refractivity contribution in [2.45, 2.75) is 45.9 Å². The van der Waals surface area contributed by atoms with Crippen LogP contribution in [0.25, 0.3) is 0 Å². The van der Waals surface area contributed by atoms with Gasteiger partial charge in [0, 0.05) is 19.0 Å². The molecule has 28 heavy (non-hydrogen) atoms. The number of carbonyl (C=O) groups excluding carboxylic acids is 1. The number of nitrogens with zero attached hydrogens (tertiary/aromatic N) is 2. The maximum Gasteiger partial charge on any atom is 0.318 e. The highest BCUT2D eigenvalue weighted by atomic mass is 19.1. The molecule has 0 radical (unpaired) electrons. The predicted octanol–water partition coefficient (Wildman–Crippen LogP) is 4.25. The lowest BCUT2D eigenvalue weighted by Crippen LogP contribution is -2.45. The molecule has 0 fully saturated rings. The van der Waals surface area contributed by atoms with E-state index in [-0.39, 0.29) is 24.0 Å². The zero-order valence-corrected chi connectivity index (χ0v) is 16.5. The maximum atomic E-state index is 13.5. The first-order chi connectivity index (χ1) is 13.4. The van der Waals surface area contributed by atoms with Crippen molar-refractivity contribution < 1.29 is 14.0 Å². The number of carbonyl (C=O) groups is 1. The normalized spacial score (nSPS) is 15.9. The fraction of sp³-hybridized carbons (Fsp3) is 0.364. The van der Waals surface area contributed by atoms with E-state index in [2.05, 4.69) is 10.5 Å². The number of benzene rings is 2. The van der Waals surface area contributed by atoms with Gasteiger partial charge in [-0.1, -0.05) is 47.1 Å². The van der Waals surface area contributed by atoms with E-state index in [0.717, 1.165) is 16.8 Å². The van der Waals surface area contributed by atoms with Crippen LogP contribution in [-0.2, 0) is 11.4 Å². The minimum atomic E-state index is -0.316. The molecule has 0 aliphatic carbocycles. The molecule has 0 saturated carbocycles. The van der Waals surface area contributed by atoms with Crippen molar-refractivity contribution in [3.63, 3.8) is 0 Å². The van der Waals surface area contributed by atoms with Crippen LogP contribution in [0.4, 0.5) is 9.18 Å². The van der Waals surface area contributed by atoms with E-state index in [4.69, 9.17) is 4.84 Å². The largest absolute Gasteiger partial charge is 0.390 e. The molecule has 1 aliphatic heterocycles. The molecule has 1 atom stereocenters. The highest BCUT2D eigenvalue weighted by Crippen LogP contribution is 2.19. The Labute approximate surface area is 165 Å². The summed E-state index contributed by atoms with van der Waals surface area (Å²) in [6.45, 7) is 6.52. The SMILES string of the molecule is Cc1ccc(C2=NOC(CN(Cc3cccc(F)c3)C(=O)NC(C)C)C2)cc1. The molecular weight excluding hydrogens is 357 g/mol. The van der Waals surface area contributed by atoms with E-state index < -0.39 is 0 Å². The van der Waals surface area contributed by atoms with Gasteiger partial charge in [-0.25, -0.2) is 9.18 Å². The first kappa shape index (κ1) is 19.9. The summed E-state index contributed by atoms with van der Waals surface area (Å²) in [7, 11) is 0. The van der Waals surface area contributed by atoms with Gasteiger partial charge in [0.1, 0.15) is 5.82 Å². The molecule has 0 aromatic heterocycles. The highest BCUT2D eigenvalue weighted by Gasteiger charge is 2.27. The Morgan fingerprint density at radius 1 is 1.29 bits per heavy atom. The van der Waals surface area contributed by atoms with Gasteiger partial charge in [-0.15, -0.1) is 0 Å². The monoisotopic (exact) mass is 383 g/mol. The Hall–Kier alpha value is -2.89. The lowest BCUT2D eigenvalue weighted by atomic mass is 10.0. The van der Waals surface area contributed by atoms with Crippen LogP contribution in [0.3, 0.4) is 0 Å². The second-order valence-electron chi connectivity index (χ2n) is 7.45. The number of aryl methyl sites for hydroxylation is 1. The number of urea groups is 1. The standard InChI is InChI=1S/C22H26FN3O2/c1-15(2)24-22(27)26(13-17-5-4-6-19(23)11-17)14-20-12-21(25-28-20)18-9-7-16(3)8-10-18/h4-11,15,20H,12-14H2,1-3H3,(H,24,27). The van der Waals surface area contributed by atoms with Crippen LogP contribution < -0.4 is 5.32 Å². The van der Waals surface area contributed by atoms with E-state index >= 15 is 0 Å². The maximum absolute atomic E-state index is 13.5. The first-order valence-electron chi connectivity index (χ1n) is 9.50. The summed E-state index contributed by atoms with van der Waals surface area (Å²) in [5, 5.41) is 7.11.